The molecule has 4 heteroatoms. The summed E-state index contributed by atoms with van der Waals surface area (Å²) >= 11 is 0. The number of hydrogen-bond acceptors (Lipinski definition) is 4. The van der Waals surface area contributed by atoms with Crippen molar-refractivity contribution in [3.63, 3.8) is 0 Å². The SMILES string of the molecule is C=CC(Cc1ccco1)c1c(-c2ccc(OC)cc2)oc(=O)c2ccccc12. The highest BCUT2D eigenvalue weighted by atomic mass is 16.5. The van der Waals surface area contributed by atoms with E-state index in [1.54, 1.807) is 19.4 Å². The molecule has 4 nitrogen and oxygen atoms in total. The Morgan fingerprint density at radius 3 is 2.43 bits per heavy atom. The molecule has 4 rings (SSSR count). The lowest BCUT2D eigenvalue weighted by molar-refractivity contribution is 0.415. The van der Waals surface area contributed by atoms with Gasteiger partial charge in [-0.05, 0) is 47.9 Å². The zero-order valence-electron chi connectivity index (χ0n) is 15.6. The minimum absolute atomic E-state index is 0.0856. The van der Waals surface area contributed by atoms with Crippen LogP contribution in [0, 0.1) is 0 Å². The largest absolute Gasteiger partial charge is 0.497 e. The molecule has 0 aliphatic carbocycles. The molecule has 0 N–H and O–H groups in total. The van der Waals surface area contributed by atoms with Crippen LogP contribution >= 0.6 is 0 Å². The summed E-state index contributed by atoms with van der Waals surface area (Å²) in [5.41, 5.74) is 1.38. The van der Waals surface area contributed by atoms with Gasteiger partial charge in [-0.15, -0.1) is 6.58 Å². The molecule has 2 aromatic carbocycles. The molecular formula is C24H20O4. The van der Waals surface area contributed by atoms with Gasteiger partial charge in [0.15, 0.2) is 0 Å². The van der Waals surface area contributed by atoms with Crippen LogP contribution in [0.3, 0.4) is 0 Å². The Morgan fingerprint density at radius 1 is 1.04 bits per heavy atom. The molecular weight excluding hydrogens is 352 g/mol. The minimum Gasteiger partial charge on any atom is -0.497 e. The van der Waals surface area contributed by atoms with Gasteiger partial charge in [-0.2, -0.15) is 0 Å². The maximum atomic E-state index is 12.6. The van der Waals surface area contributed by atoms with Crippen LogP contribution in [0.1, 0.15) is 17.2 Å². The van der Waals surface area contributed by atoms with Crippen LogP contribution in [0.25, 0.3) is 22.1 Å². The molecule has 0 spiro atoms. The Balaban J connectivity index is 1.96. The molecule has 1 atom stereocenters. The summed E-state index contributed by atoms with van der Waals surface area (Å²) in [7, 11) is 1.62. The van der Waals surface area contributed by atoms with Gasteiger partial charge in [-0.25, -0.2) is 4.79 Å². The summed E-state index contributed by atoms with van der Waals surface area (Å²) in [6.07, 6.45) is 4.15. The number of hydrogen-bond donors (Lipinski definition) is 0. The van der Waals surface area contributed by atoms with E-state index in [0.717, 1.165) is 28.0 Å². The maximum Gasteiger partial charge on any atom is 0.344 e. The van der Waals surface area contributed by atoms with Crippen LogP contribution in [0.2, 0.25) is 0 Å². The van der Waals surface area contributed by atoms with Gasteiger partial charge in [-0.3, -0.25) is 0 Å². The molecule has 1 unspecified atom stereocenters. The van der Waals surface area contributed by atoms with Gasteiger partial charge in [0, 0.05) is 23.5 Å². The second-order valence-electron chi connectivity index (χ2n) is 6.53. The van der Waals surface area contributed by atoms with Gasteiger partial charge >= 0.3 is 5.63 Å². The Labute approximate surface area is 162 Å². The third-order valence-electron chi connectivity index (χ3n) is 4.89. The molecule has 4 aromatic rings. The number of rotatable bonds is 6. The predicted octanol–water partition coefficient (Wildman–Crippen LogP) is 5.57. The third kappa shape index (κ3) is 3.25. The van der Waals surface area contributed by atoms with Gasteiger partial charge in [0.1, 0.15) is 17.3 Å². The van der Waals surface area contributed by atoms with Crippen LogP contribution < -0.4 is 10.4 Å². The summed E-state index contributed by atoms with van der Waals surface area (Å²) < 4.78 is 16.6. The highest BCUT2D eigenvalue weighted by Gasteiger charge is 2.22. The average Bonchev–Trinajstić information content (AvgIpc) is 3.26. The van der Waals surface area contributed by atoms with Crippen LogP contribution in [0.15, 0.2) is 93.2 Å². The summed E-state index contributed by atoms with van der Waals surface area (Å²) in [5.74, 6) is 2.05. The van der Waals surface area contributed by atoms with Gasteiger partial charge in [0.25, 0.3) is 0 Å². The number of methoxy groups -OCH3 is 1. The van der Waals surface area contributed by atoms with Crippen molar-refractivity contribution in [2.24, 2.45) is 0 Å². The second-order valence-corrected chi connectivity index (χ2v) is 6.53. The highest BCUT2D eigenvalue weighted by molar-refractivity contribution is 5.89. The van der Waals surface area contributed by atoms with E-state index in [4.69, 9.17) is 13.6 Å². The zero-order valence-corrected chi connectivity index (χ0v) is 15.6. The number of benzene rings is 2. The van der Waals surface area contributed by atoms with Crippen LogP contribution in [0.4, 0.5) is 0 Å². The first-order chi connectivity index (χ1) is 13.7. The Bertz CT molecular complexity index is 1150. The first-order valence-electron chi connectivity index (χ1n) is 9.06. The molecule has 140 valence electrons. The quantitative estimate of drug-likeness (QED) is 0.415. The fourth-order valence-electron chi connectivity index (χ4n) is 3.49. The summed E-state index contributed by atoms with van der Waals surface area (Å²) in [5, 5.41) is 1.42. The van der Waals surface area contributed by atoms with Gasteiger partial charge in [0.2, 0.25) is 0 Å². The molecule has 0 saturated heterocycles. The standard InChI is InChI=1S/C24H20O4/c1-3-16(15-19-7-6-14-27-19)22-20-8-4-5-9-21(20)24(25)28-23(22)17-10-12-18(26-2)13-11-17/h3-14,16H,1,15H2,2H3. The molecule has 0 amide bonds. The number of allylic oxidation sites excluding steroid dienone is 1. The molecule has 0 aliphatic rings. The van der Waals surface area contributed by atoms with E-state index < -0.39 is 0 Å². The predicted molar refractivity (Wildman–Crippen MR) is 110 cm³/mol. The fraction of sp³-hybridized carbons (Fsp3) is 0.125. The lowest BCUT2D eigenvalue weighted by Gasteiger charge is -2.18. The molecule has 28 heavy (non-hydrogen) atoms. The fourth-order valence-corrected chi connectivity index (χ4v) is 3.49. The van der Waals surface area contributed by atoms with E-state index in [0.29, 0.717) is 17.6 Å². The molecule has 0 fully saturated rings. The van der Waals surface area contributed by atoms with Crippen molar-refractivity contribution in [2.45, 2.75) is 12.3 Å². The van der Waals surface area contributed by atoms with E-state index in [2.05, 4.69) is 6.58 Å². The van der Waals surface area contributed by atoms with Crippen molar-refractivity contribution < 1.29 is 13.6 Å². The van der Waals surface area contributed by atoms with Gasteiger partial charge in [-0.1, -0.05) is 24.3 Å². The van der Waals surface area contributed by atoms with Crippen LogP contribution in [-0.2, 0) is 6.42 Å². The highest BCUT2D eigenvalue weighted by Crippen LogP contribution is 2.36. The Morgan fingerprint density at radius 2 is 1.79 bits per heavy atom. The lowest BCUT2D eigenvalue weighted by Crippen LogP contribution is -2.09. The van der Waals surface area contributed by atoms with Gasteiger partial charge < -0.3 is 13.6 Å². The van der Waals surface area contributed by atoms with Crippen LogP contribution in [0.5, 0.6) is 5.75 Å². The van der Waals surface area contributed by atoms with E-state index >= 15 is 0 Å². The van der Waals surface area contributed by atoms with Gasteiger partial charge in [0.05, 0.1) is 18.8 Å². The molecule has 0 saturated carbocycles. The van der Waals surface area contributed by atoms with Crippen molar-refractivity contribution in [1.29, 1.82) is 0 Å². The van der Waals surface area contributed by atoms with E-state index in [1.165, 1.54) is 0 Å². The first-order valence-corrected chi connectivity index (χ1v) is 9.06. The van der Waals surface area contributed by atoms with E-state index in [1.807, 2.05) is 60.7 Å². The monoisotopic (exact) mass is 372 g/mol. The zero-order chi connectivity index (χ0) is 19.5. The number of fused-ring (bicyclic) bond motifs is 1. The second kappa shape index (κ2) is 7.61. The van der Waals surface area contributed by atoms with Crippen molar-refractivity contribution in [1.82, 2.24) is 0 Å². The first kappa shape index (κ1) is 17.9. The van der Waals surface area contributed by atoms with Crippen LogP contribution in [-0.4, -0.2) is 7.11 Å². The van der Waals surface area contributed by atoms with Crippen molar-refractivity contribution in [3.05, 3.63) is 101 Å². The summed E-state index contributed by atoms with van der Waals surface area (Å²) in [4.78, 5) is 12.6. The molecule has 2 aromatic heterocycles. The minimum atomic E-state index is -0.356. The van der Waals surface area contributed by atoms with Crippen molar-refractivity contribution in [2.75, 3.05) is 7.11 Å². The van der Waals surface area contributed by atoms with E-state index in [-0.39, 0.29) is 11.5 Å². The average molecular weight is 372 g/mol. The topological polar surface area (TPSA) is 52.6 Å². The Hall–Kier alpha value is -3.53. The third-order valence-corrected chi connectivity index (χ3v) is 4.89. The molecule has 2 heterocycles. The number of ether oxygens (including phenoxy) is 1. The lowest BCUT2D eigenvalue weighted by atomic mass is 9.88. The summed E-state index contributed by atoms with van der Waals surface area (Å²) in [6.45, 7) is 4.03. The molecule has 0 radical (unpaired) electrons. The molecule has 0 bridgehead atoms. The summed E-state index contributed by atoms with van der Waals surface area (Å²) in [6, 6.07) is 18.8. The number of furan rings is 1. The smallest absolute Gasteiger partial charge is 0.344 e. The van der Waals surface area contributed by atoms with Crippen molar-refractivity contribution >= 4 is 10.8 Å². The Kier molecular flexibility index (Phi) is 4.85. The molecule has 0 aliphatic heterocycles. The normalized spacial score (nSPS) is 12.0. The maximum absolute atomic E-state index is 12.6. The van der Waals surface area contributed by atoms with E-state index in [9.17, 15) is 4.79 Å². The van der Waals surface area contributed by atoms with Crippen molar-refractivity contribution in [3.8, 4) is 17.1 Å².